The van der Waals surface area contributed by atoms with Crippen LogP contribution in [0.1, 0.15) is 42.9 Å². The van der Waals surface area contributed by atoms with Crippen molar-refractivity contribution in [3.63, 3.8) is 0 Å². The molecule has 8 heteroatoms. The van der Waals surface area contributed by atoms with Crippen LogP contribution in [0.2, 0.25) is 0 Å². The molecule has 2 aliphatic rings. The Kier molecular flexibility index (Phi) is 5.26. The van der Waals surface area contributed by atoms with E-state index in [1.807, 2.05) is 22.8 Å². The van der Waals surface area contributed by atoms with E-state index in [0.29, 0.717) is 18.6 Å². The van der Waals surface area contributed by atoms with E-state index in [9.17, 15) is 0 Å². The average molecular weight is 409 g/mol. The molecule has 3 aromatic heterocycles. The van der Waals surface area contributed by atoms with Crippen LogP contribution in [0.4, 0.5) is 5.82 Å². The van der Waals surface area contributed by atoms with Crippen molar-refractivity contribution < 1.29 is 9.47 Å². The minimum absolute atomic E-state index is 0.364. The van der Waals surface area contributed by atoms with Crippen LogP contribution in [-0.2, 0) is 11.3 Å². The van der Waals surface area contributed by atoms with E-state index in [1.165, 1.54) is 6.42 Å². The lowest BCUT2D eigenvalue weighted by atomic mass is 10.1. The highest BCUT2D eigenvalue weighted by atomic mass is 16.5. The van der Waals surface area contributed by atoms with E-state index in [2.05, 4.69) is 21.7 Å². The molecule has 0 bridgehead atoms. The number of ether oxygens (including phenoxy) is 2. The Morgan fingerprint density at radius 3 is 2.87 bits per heavy atom. The van der Waals surface area contributed by atoms with Crippen molar-refractivity contribution in [1.29, 1.82) is 0 Å². The number of nitrogens with one attached hydrogen (secondary N) is 2. The smallest absolute Gasteiger partial charge is 0.157 e. The molecule has 0 aromatic carbocycles. The first-order chi connectivity index (χ1) is 14.8. The van der Waals surface area contributed by atoms with Crippen LogP contribution >= 0.6 is 0 Å². The van der Waals surface area contributed by atoms with Crippen molar-refractivity contribution in [1.82, 2.24) is 24.9 Å². The quantitative estimate of drug-likeness (QED) is 0.622. The number of anilines is 1. The number of fused-ring (bicyclic) bond motifs is 1. The zero-order chi connectivity index (χ0) is 20.5. The van der Waals surface area contributed by atoms with E-state index in [4.69, 9.17) is 19.6 Å². The second kappa shape index (κ2) is 8.20. The van der Waals surface area contributed by atoms with E-state index in [-0.39, 0.29) is 0 Å². The Hall–Kier alpha value is -2.71. The fourth-order valence-electron chi connectivity index (χ4n) is 4.09. The highest BCUT2D eigenvalue weighted by Gasteiger charge is 2.30. The number of rotatable bonds is 7. The van der Waals surface area contributed by atoms with Crippen LogP contribution < -0.4 is 15.4 Å². The first-order valence-electron chi connectivity index (χ1n) is 10.7. The summed E-state index contributed by atoms with van der Waals surface area (Å²) in [5.74, 6) is 2.17. The highest BCUT2D eigenvalue weighted by Crippen LogP contribution is 2.43. The van der Waals surface area contributed by atoms with Crippen LogP contribution in [0.3, 0.4) is 0 Å². The lowest BCUT2D eigenvalue weighted by Crippen LogP contribution is -2.38. The maximum atomic E-state index is 5.55. The maximum Gasteiger partial charge on any atom is 0.157 e. The Morgan fingerprint density at radius 2 is 2.13 bits per heavy atom. The zero-order valence-corrected chi connectivity index (χ0v) is 17.5. The van der Waals surface area contributed by atoms with Gasteiger partial charge in [0.1, 0.15) is 23.0 Å². The molecule has 3 aromatic rings. The highest BCUT2D eigenvalue weighted by molar-refractivity contribution is 5.64. The molecular weight excluding hydrogens is 380 g/mol. The maximum absolute atomic E-state index is 5.55. The molecule has 158 valence electrons. The molecular formula is C22H28N6O2. The number of piperidine rings is 1. The molecule has 1 aliphatic heterocycles. The van der Waals surface area contributed by atoms with E-state index >= 15 is 0 Å². The lowest BCUT2D eigenvalue weighted by Gasteiger charge is -2.25. The predicted octanol–water partition coefficient (Wildman–Crippen LogP) is 2.99. The molecule has 0 radical (unpaired) electrons. The largest absolute Gasteiger partial charge is 0.495 e. The minimum atomic E-state index is 0.364. The van der Waals surface area contributed by atoms with Gasteiger partial charge in [0.2, 0.25) is 0 Å². The van der Waals surface area contributed by atoms with Crippen LogP contribution in [0.5, 0.6) is 5.75 Å². The standard InChI is InChI=1S/C22H28N6O2/c1-29-13-15-7-8-17(26-22(15)25-16-4-3-9-23-11-16)18-12-24-20-10-19(30-2)21(14-5-6-14)27-28(18)20/h7-8,10,12,14,16,23H,3-6,9,11,13H2,1-2H3,(H,25,26). The monoisotopic (exact) mass is 408 g/mol. The van der Waals surface area contributed by atoms with E-state index in [0.717, 1.165) is 72.2 Å². The van der Waals surface area contributed by atoms with Crippen molar-refractivity contribution in [2.75, 3.05) is 32.6 Å². The van der Waals surface area contributed by atoms with Gasteiger partial charge in [-0.2, -0.15) is 5.10 Å². The van der Waals surface area contributed by atoms with Crippen molar-refractivity contribution in [3.8, 4) is 17.1 Å². The first-order valence-corrected chi connectivity index (χ1v) is 10.7. The number of aromatic nitrogens is 4. The van der Waals surface area contributed by atoms with Crippen LogP contribution in [0, 0.1) is 0 Å². The molecule has 1 atom stereocenters. The molecule has 1 saturated carbocycles. The molecule has 5 rings (SSSR count). The van der Waals surface area contributed by atoms with Crippen LogP contribution in [0.15, 0.2) is 24.4 Å². The number of imidazole rings is 1. The van der Waals surface area contributed by atoms with Gasteiger partial charge in [-0.15, -0.1) is 0 Å². The Morgan fingerprint density at radius 1 is 1.23 bits per heavy atom. The summed E-state index contributed by atoms with van der Waals surface area (Å²) in [6, 6.07) is 6.43. The minimum Gasteiger partial charge on any atom is -0.495 e. The number of hydrogen-bond acceptors (Lipinski definition) is 7. The third kappa shape index (κ3) is 3.73. The number of methoxy groups -OCH3 is 2. The Balaban J connectivity index is 1.53. The van der Waals surface area contributed by atoms with Gasteiger partial charge >= 0.3 is 0 Å². The van der Waals surface area contributed by atoms with E-state index in [1.54, 1.807) is 14.2 Å². The Bertz CT molecular complexity index is 1040. The molecule has 2 N–H and O–H groups in total. The normalized spacial score (nSPS) is 19.2. The summed E-state index contributed by atoms with van der Waals surface area (Å²) in [4.78, 5) is 9.51. The van der Waals surface area contributed by atoms with Gasteiger partial charge in [-0.3, -0.25) is 0 Å². The topological polar surface area (TPSA) is 85.6 Å². The number of hydrogen-bond donors (Lipinski definition) is 2. The van der Waals surface area contributed by atoms with Crippen molar-refractivity contribution in [3.05, 3.63) is 35.7 Å². The van der Waals surface area contributed by atoms with Crippen molar-refractivity contribution in [2.24, 2.45) is 0 Å². The molecule has 1 aliphatic carbocycles. The zero-order valence-electron chi connectivity index (χ0n) is 17.5. The van der Waals surface area contributed by atoms with Gasteiger partial charge in [-0.05, 0) is 38.3 Å². The predicted molar refractivity (Wildman–Crippen MR) is 115 cm³/mol. The van der Waals surface area contributed by atoms with Gasteiger partial charge < -0.3 is 20.1 Å². The van der Waals surface area contributed by atoms with Gasteiger partial charge in [0.25, 0.3) is 0 Å². The van der Waals surface area contributed by atoms with Gasteiger partial charge in [0.05, 0.1) is 25.6 Å². The van der Waals surface area contributed by atoms with Gasteiger partial charge in [0.15, 0.2) is 5.65 Å². The molecule has 0 amide bonds. The molecule has 1 unspecified atom stereocenters. The van der Waals surface area contributed by atoms with Gasteiger partial charge in [-0.1, -0.05) is 6.07 Å². The van der Waals surface area contributed by atoms with Crippen molar-refractivity contribution >= 4 is 11.5 Å². The summed E-state index contributed by atoms with van der Waals surface area (Å²) >= 11 is 0. The molecule has 30 heavy (non-hydrogen) atoms. The van der Waals surface area contributed by atoms with Gasteiger partial charge in [0, 0.05) is 37.2 Å². The summed E-state index contributed by atoms with van der Waals surface area (Å²) in [7, 11) is 3.40. The Labute approximate surface area is 176 Å². The second-order valence-corrected chi connectivity index (χ2v) is 8.11. The summed E-state index contributed by atoms with van der Waals surface area (Å²) in [6.07, 6.45) is 6.45. The molecule has 8 nitrogen and oxygen atoms in total. The molecule has 0 spiro atoms. The third-order valence-electron chi connectivity index (χ3n) is 5.85. The van der Waals surface area contributed by atoms with Crippen LogP contribution in [-0.4, -0.2) is 52.9 Å². The van der Waals surface area contributed by atoms with Gasteiger partial charge in [-0.25, -0.2) is 14.5 Å². The van der Waals surface area contributed by atoms with Crippen molar-refractivity contribution in [2.45, 2.75) is 44.2 Å². The average Bonchev–Trinajstić information content (AvgIpc) is 3.54. The lowest BCUT2D eigenvalue weighted by molar-refractivity contribution is 0.185. The second-order valence-electron chi connectivity index (χ2n) is 8.11. The summed E-state index contributed by atoms with van der Waals surface area (Å²) in [6.45, 7) is 2.54. The summed E-state index contributed by atoms with van der Waals surface area (Å²) in [5, 5.41) is 12.0. The number of pyridine rings is 1. The van der Waals surface area contributed by atoms with Crippen LogP contribution in [0.25, 0.3) is 17.0 Å². The van der Waals surface area contributed by atoms with E-state index < -0.39 is 0 Å². The third-order valence-corrected chi connectivity index (χ3v) is 5.85. The molecule has 4 heterocycles. The molecule has 2 fully saturated rings. The summed E-state index contributed by atoms with van der Waals surface area (Å²) in [5.41, 5.74) is 4.54. The fourth-order valence-corrected chi connectivity index (χ4v) is 4.09. The fraction of sp³-hybridized carbons (Fsp3) is 0.500. The SMILES string of the molecule is COCc1ccc(-c2cnc3cc(OC)c(C4CC4)nn23)nc1NC1CCCNC1. The number of nitrogens with zero attached hydrogens (tertiary/aromatic N) is 4. The summed E-state index contributed by atoms with van der Waals surface area (Å²) < 4.78 is 12.8. The molecule has 1 saturated heterocycles. The first kappa shape index (κ1) is 19.3.